The molecule has 0 saturated carbocycles. The van der Waals surface area contributed by atoms with Crippen LogP contribution in [0.3, 0.4) is 0 Å². The fourth-order valence-corrected chi connectivity index (χ4v) is 1.51. The standard InChI is InChI=1S/C8H17NO2.CH4O/c1-6-4-7(9(2)3)5-8(10)11-6;1-2/h6-8,10H,4-5H2,1-3H3;2H,1H3/t6-,7+,8-;/m1./s1. The van der Waals surface area contributed by atoms with Crippen molar-refractivity contribution < 1.29 is 14.9 Å². The summed E-state index contributed by atoms with van der Waals surface area (Å²) in [7, 11) is 5.07. The maximum Gasteiger partial charge on any atom is 0.156 e. The minimum absolute atomic E-state index is 0.186. The van der Waals surface area contributed by atoms with E-state index in [9.17, 15) is 5.11 Å². The van der Waals surface area contributed by atoms with Crippen molar-refractivity contribution in [1.82, 2.24) is 4.90 Å². The predicted molar refractivity (Wildman–Crippen MR) is 51.4 cm³/mol. The lowest BCUT2D eigenvalue weighted by molar-refractivity contribution is -0.172. The van der Waals surface area contributed by atoms with Crippen LogP contribution < -0.4 is 0 Å². The molecule has 0 aromatic rings. The first-order valence-electron chi connectivity index (χ1n) is 4.54. The maximum absolute atomic E-state index is 9.25. The van der Waals surface area contributed by atoms with Crippen LogP contribution in [0.1, 0.15) is 19.8 Å². The van der Waals surface area contributed by atoms with Gasteiger partial charge in [0.2, 0.25) is 0 Å². The van der Waals surface area contributed by atoms with E-state index in [1.165, 1.54) is 0 Å². The SMILES string of the molecule is CO.C[C@@H]1C[C@H](N(C)C)C[C@H](O)O1. The van der Waals surface area contributed by atoms with Gasteiger partial charge in [-0.1, -0.05) is 0 Å². The third kappa shape index (κ3) is 4.57. The third-order valence-electron chi connectivity index (χ3n) is 2.20. The Labute approximate surface area is 80.1 Å². The number of ether oxygens (including phenoxy) is 1. The van der Waals surface area contributed by atoms with Crippen LogP contribution in [0.15, 0.2) is 0 Å². The van der Waals surface area contributed by atoms with Crippen LogP contribution in [-0.2, 0) is 4.74 Å². The monoisotopic (exact) mass is 191 g/mol. The minimum Gasteiger partial charge on any atom is -0.400 e. The summed E-state index contributed by atoms with van der Waals surface area (Å²) in [6.07, 6.45) is 1.37. The lowest BCUT2D eigenvalue weighted by atomic mass is 10.0. The molecule has 0 bridgehead atoms. The average molecular weight is 191 g/mol. The van der Waals surface area contributed by atoms with Crippen molar-refractivity contribution in [2.45, 2.75) is 38.2 Å². The van der Waals surface area contributed by atoms with Crippen LogP contribution in [0.25, 0.3) is 0 Å². The van der Waals surface area contributed by atoms with Gasteiger partial charge in [-0.15, -0.1) is 0 Å². The Bertz CT molecular complexity index is 120. The van der Waals surface area contributed by atoms with Crippen LogP contribution in [0.4, 0.5) is 0 Å². The van der Waals surface area contributed by atoms with Crippen molar-refractivity contribution in [3.8, 4) is 0 Å². The van der Waals surface area contributed by atoms with E-state index >= 15 is 0 Å². The molecule has 4 heteroatoms. The first-order valence-corrected chi connectivity index (χ1v) is 4.54. The normalized spacial score (nSPS) is 33.9. The molecule has 1 aliphatic heterocycles. The van der Waals surface area contributed by atoms with Gasteiger partial charge in [0.25, 0.3) is 0 Å². The molecule has 1 saturated heterocycles. The first-order chi connectivity index (χ1) is 6.09. The Morgan fingerprint density at radius 2 is 1.77 bits per heavy atom. The second-order valence-electron chi connectivity index (χ2n) is 3.49. The van der Waals surface area contributed by atoms with Gasteiger partial charge >= 0.3 is 0 Å². The number of nitrogens with zero attached hydrogens (tertiary/aromatic N) is 1. The molecule has 1 aliphatic rings. The number of aliphatic hydroxyl groups is 2. The van der Waals surface area contributed by atoms with E-state index in [4.69, 9.17) is 9.84 Å². The van der Waals surface area contributed by atoms with Crippen LogP contribution in [-0.4, -0.2) is 54.8 Å². The van der Waals surface area contributed by atoms with Crippen LogP contribution >= 0.6 is 0 Å². The highest BCUT2D eigenvalue weighted by Crippen LogP contribution is 2.20. The lowest BCUT2D eigenvalue weighted by Gasteiger charge is -2.34. The van der Waals surface area contributed by atoms with Gasteiger partial charge in [0.05, 0.1) is 6.10 Å². The lowest BCUT2D eigenvalue weighted by Crippen LogP contribution is -2.41. The van der Waals surface area contributed by atoms with Crippen molar-refractivity contribution in [1.29, 1.82) is 0 Å². The molecule has 0 aromatic carbocycles. The molecule has 80 valence electrons. The highest BCUT2D eigenvalue weighted by Gasteiger charge is 2.26. The zero-order chi connectivity index (χ0) is 10.4. The van der Waals surface area contributed by atoms with Gasteiger partial charge < -0.3 is 19.8 Å². The van der Waals surface area contributed by atoms with Crippen molar-refractivity contribution in [3.05, 3.63) is 0 Å². The molecule has 0 aliphatic carbocycles. The number of hydrogen-bond donors (Lipinski definition) is 2. The van der Waals surface area contributed by atoms with E-state index in [1.807, 2.05) is 21.0 Å². The van der Waals surface area contributed by atoms with Crippen molar-refractivity contribution in [2.75, 3.05) is 21.2 Å². The second kappa shape index (κ2) is 6.32. The number of hydrogen-bond acceptors (Lipinski definition) is 4. The van der Waals surface area contributed by atoms with Crippen molar-refractivity contribution in [3.63, 3.8) is 0 Å². The topological polar surface area (TPSA) is 52.9 Å². The summed E-state index contributed by atoms with van der Waals surface area (Å²) in [6.45, 7) is 2.00. The van der Waals surface area contributed by atoms with Gasteiger partial charge in [0, 0.05) is 19.6 Å². The molecule has 0 unspecified atom stereocenters. The molecular formula is C9H21NO3. The van der Waals surface area contributed by atoms with Gasteiger partial charge in [0.1, 0.15) is 0 Å². The molecule has 13 heavy (non-hydrogen) atoms. The molecule has 0 radical (unpaired) electrons. The highest BCUT2D eigenvalue weighted by molar-refractivity contribution is 4.75. The second-order valence-corrected chi connectivity index (χ2v) is 3.49. The summed E-state index contributed by atoms with van der Waals surface area (Å²) in [5, 5.41) is 16.2. The third-order valence-corrected chi connectivity index (χ3v) is 2.20. The Kier molecular flexibility index (Phi) is 6.24. The molecule has 0 spiro atoms. The van der Waals surface area contributed by atoms with Crippen molar-refractivity contribution in [2.24, 2.45) is 0 Å². The maximum atomic E-state index is 9.25. The van der Waals surface area contributed by atoms with E-state index in [-0.39, 0.29) is 6.10 Å². The Balaban J connectivity index is 0.000000671. The minimum atomic E-state index is -0.564. The molecule has 4 nitrogen and oxygen atoms in total. The molecule has 2 N–H and O–H groups in total. The zero-order valence-corrected chi connectivity index (χ0v) is 8.90. The average Bonchev–Trinajstić information content (AvgIpc) is 2.06. The molecule has 1 fully saturated rings. The smallest absolute Gasteiger partial charge is 0.156 e. The van der Waals surface area contributed by atoms with Crippen molar-refractivity contribution >= 4 is 0 Å². The van der Waals surface area contributed by atoms with Crippen LogP contribution in [0.5, 0.6) is 0 Å². The van der Waals surface area contributed by atoms with Gasteiger partial charge in [-0.25, -0.2) is 0 Å². The quantitative estimate of drug-likeness (QED) is 0.614. The van der Waals surface area contributed by atoms with E-state index < -0.39 is 6.29 Å². The largest absolute Gasteiger partial charge is 0.400 e. The van der Waals surface area contributed by atoms with E-state index in [0.29, 0.717) is 6.04 Å². The van der Waals surface area contributed by atoms with Crippen LogP contribution in [0.2, 0.25) is 0 Å². The Morgan fingerprint density at radius 1 is 1.23 bits per heavy atom. The molecule has 0 amide bonds. The molecule has 0 aromatic heterocycles. The summed E-state index contributed by atoms with van der Waals surface area (Å²) in [5.41, 5.74) is 0. The summed E-state index contributed by atoms with van der Waals surface area (Å²) < 4.78 is 5.20. The van der Waals surface area contributed by atoms with Crippen LogP contribution in [0, 0.1) is 0 Å². The Hall–Kier alpha value is -0.160. The van der Waals surface area contributed by atoms with Gasteiger partial charge in [-0.2, -0.15) is 0 Å². The van der Waals surface area contributed by atoms with E-state index in [2.05, 4.69) is 4.90 Å². The molecule has 3 atom stereocenters. The highest BCUT2D eigenvalue weighted by atomic mass is 16.6. The van der Waals surface area contributed by atoms with Gasteiger partial charge in [-0.3, -0.25) is 0 Å². The van der Waals surface area contributed by atoms with Gasteiger partial charge in [-0.05, 0) is 27.4 Å². The first kappa shape index (κ1) is 12.8. The number of aliphatic hydroxyl groups excluding tert-OH is 2. The van der Waals surface area contributed by atoms with E-state index in [0.717, 1.165) is 20.0 Å². The predicted octanol–water partition coefficient (Wildman–Crippen LogP) is 0.0424. The molecule has 1 heterocycles. The van der Waals surface area contributed by atoms with Gasteiger partial charge in [0.15, 0.2) is 6.29 Å². The van der Waals surface area contributed by atoms with E-state index in [1.54, 1.807) is 0 Å². The summed E-state index contributed by atoms with van der Waals surface area (Å²) in [5.74, 6) is 0. The molecular weight excluding hydrogens is 170 g/mol. The summed E-state index contributed by atoms with van der Waals surface area (Å²) in [6, 6.07) is 0.466. The summed E-state index contributed by atoms with van der Waals surface area (Å²) >= 11 is 0. The fraction of sp³-hybridized carbons (Fsp3) is 1.00. The fourth-order valence-electron chi connectivity index (χ4n) is 1.51. The zero-order valence-electron chi connectivity index (χ0n) is 8.90. The number of rotatable bonds is 1. The Morgan fingerprint density at radius 3 is 2.15 bits per heavy atom. The summed E-state index contributed by atoms with van der Waals surface area (Å²) in [4.78, 5) is 2.14. The molecule has 1 rings (SSSR count).